The fourth-order valence-electron chi connectivity index (χ4n) is 0.819. The van der Waals surface area contributed by atoms with Crippen molar-refractivity contribution in [1.29, 1.82) is 0 Å². The number of carbonyl (C=O) groups is 1. The molecule has 0 atom stereocenters. The Morgan fingerprint density at radius 3 is 2.92 bits per heavy atom. The molecule has 0 unspecified atom stereocenters. The van der Waals surface area contributed by atoms with Gasteiger partial charge in [-0.2, -0.15) is 0 Å². The maximum atomic E-state index is 10.9. The highest BCUT2D eigenvalue weighted by molar-refractivity contribution is 7.13. The Labute approximate surface area is 78.7 Å². The summed E-state index contributed by atoms with van der Waals surface area (Å²) in [5.41, 5.74) is 0. The molecule has 1 aromatic rings. The summed E-state index contributed by atoms with van der Waals surface area (Å²) in [7, 11) is 0. The molecule has 0 aliphatic carbocycles. The van der Waals surface area contributed by atoms with Gasteiger partial charge in [0.2, 0.25) is 5.88 Å². The van der Waals surface area contributed by atoms with Crippen LogP contribution in [0.4, 0.5) is 0 Å². The largest absolute Gasteiger partial charge is 0.477 e. The lowest BCUT2D eigenvalue weighted by molar-refractivity contribution is 0.100. The van der Waals surface area contributed by atoms with Crippen molar-refractivity contribution in [1.82, 2.24) is 4.98 Å². The number of amides is 1. The van der Waals surface area contributed by atoms with Crippen LogP contribution in [0.15, 0.2) is 5.18 Å². The minimum absolute atomic E-state index is 0.175. The summed E-state index contributed by atoms with van der Waals surface area (Å²) in [6, 6.07) is 0. The average molecular weight is 200 g/mol. The van der Waals surface area contributed by atoms with E-state index in [0.717, 1.165) is 11.3 Å². The third-order valence-corrected chi connectivity index (χ3v) is 2.20. The number of ether oxygens (including phenoxy) is 1. The minimum atomic E-state index is -0.825. The number of hydrogen-bond acceptors (Lipinski definition) is 5. The van der Waals surface area contributed by atoms with Crippen molar-refractivity contribution < 1.29 is 9.53 Å². The molecule has 0 aromatic carbocycles. The molecule has 1 heterocycles. The molecule has 0 radical (unpaired) electrons. The molecular formula is C7H8N2O3S. The lowest BCUT2D eigenvalue weighted by Gasteiger charge is -1.97. The predicted octanol–water partition coefficient (Wildman–Crippen LogP) is 1.76. The highest BCUT2D eigenvalue weighted by Crippen LogP contribution is 2.25. The van der Waals surface area contributed by atoms with Gasteiger partial charge in [0.1, 0.15) is 0 Å². The zero-order valence-electron chi connectivity index (χ0n) is 7.23. The highest BCUT2D eigenvalue weighted by Gasteiger charge is 2.18. The summed E-state index contributed by atoms with van der Waals surface area (Å²) in [6.45, 7) is 3.91. The van der Waals surface area contributed by atoms with Crippen LogP contribution in [0.2, 0.25) is 0 Å². The number of aryl methyl sites for hydroxylation is 1. The van der Waals surface area contributed by atoms with E-state index in [-0.39, 0.29) is 10.8 Å². The summed E-state index contributed by atoms with van der Waals surface area (Å²) in [4.78, 5) is 25.0. The number of rotatable bonds is 3. The number of aromatic nitrogens is 1. The first kappa shape index (κ1) is 9.79. The molecule has 6 heteroatoms. The van der Waals surface area contributed by atoms with Crippen LogP contribution in [-0.2, 0) is 0 Å². The van der Waals surface area contributed by atoms with Gasteiger partial charge in [-0.15, -0.1) is 16.2 Å². The van der Waals surface area contributed by atoms with Gasteiger partial charge in [-0.25, -0.2) is 4.98 Å². The average Bonchev–Trinajstić information content (AvgIpc) is 2.46. The van der Waals surface area contributed by atoms with Crippen LogP contribution in [0.5, 0.6) is 5.88 Å². The van der Waals surface area contributed by atoms with Crippen LogP contribution in [0.1, 0.15) is 21.6 Å². The van der Waals surface area contributed by atoms with E-state index in [2.05, 4.69) is 10.2 Å². The van der Waals surface area contributed by atoms with Gasteiger partial charge in [-0.05, 0) is 13.8 Å². The summed E-state index contributed by atoms with van der Waals surface area (Å²) < 4.78 is 5.06. The third kappa shape index (κ3) is 2.09. The molecule has 5 nitrogen and oxygen atoms in total. The van der Waals surface area contributed by atoms with Crippen molar-refractivity contribution in [3.8, 4) is 5.88 Å². The quantitative estimate of drug-likeness (QED) is 0.697. The number of nitrogens with zero attached hydrogens (tertiary/aromatic N) is 2. The molecule has 1 amide bonds. The Bertz CT molecular complexity index is 334. The van der Waals surface area contributed by atoms with E-state index in [9.17, 15) is 9.70 Å². The number of nitroso groups, excluding NO2 is 1. The van der Waals surface area contributed by atoms with Crippen molar-refractivity contribution in [3.63, 3.8) is 0 Å². The first-order valence-electron chi connectivity index (χ1n) is 3.67. The van der Waals surface area contributed by atoms with E-state index in [1.54, 1.807) is 13.8 Å². The molecule has 0 saturated heterocycles. The van der Waals surface area contributed by atoms with E-state index in [4.69, 9.17) is 4.74 Å². The molecule has 0 spiro atoms. The highest BCUT2D eigenvalue weighted by atomic mass is 32.1. The van der Waals surface area contributed by atoms with E-state index >= 15 is 0 Å². The van der Waals surface area contributed by atoms with Crippen molar-refractivity contribution in [3.05, 3.63) is 14.8 Å². The van der Waals surface area contributed by atoms with Gasteiger partial charge >= 0.3 is 5.91 Å². The Kier molecular flexibility index (Phi) is 3.07. The fourth-order valence-corrected chi connectivity index (χ4v) is 1.56. The minimum Gasteiger partial charge on any atom is -0.477 e. The maximum Gasteiger partial charge on any atom is 0.332 e. The fraction of sp³-hybridized carbons (Fsp3) is 0.429. The molecule has 13 heavy (non-hydrogen) atoms. The summed E-state index contributed by atoms with van der Waals surface area (Å²) in [5, 5.41) is 2.99. The van der Waals surface area contributed by atoms with Gasteiger partial charge < -0.3 is 4.74 Å². The van der Waals surface area contributed by atoms with Crippen LogP contribution < -0.4 is 4.74 Å². The molecule has 0 saturated carbocycles. The molecule has 0 aliphatic rings. The first-order chi connectivity index (χ1) is 6.19. The van der Waals surface area contributed by atoms with Crippen molar-refractivity contribution >= 4 is 17.2 Å². The maximum absolute atomic E-state index is 10.9. The number of hydrogen-bond donors (Lipinski definition) is 0. The lowest BCUT2D eigenvalue weighted by atomic mass is 10.5. The van der Waals surface area contributed by atoms with Crippen molar-refractivity contribution in [2.24, 2.45) is 5.18 Å². The van der Waals surface area contributed by atoms with Gasteiger partial charge in [0.25, 0.3) is 0 Å². The first-order valence-corrected chi connectivity index (χ1v) is 4.48. The monoisotopic (exact) mass is 200 g/mol. The van der Waals surface area contributed by atoms with Crippen LogP contribution in [-0.4, -0.2) is 17.5 Å². The second-order valence-electron chi connectivity index (χ2n) is 2.20. The Hall–Kier alpha value is -1.30. The van der Waals surface area contributed by atoms with E-state index in [1.165, 1.54) is 0 Å². The van der Waals surface area contributed by atoms with Gasteiger partial charge in [-0.3, -0.25) is 4.79 Å². The molecule has 0 fully saturated rings. The Balaban J connectivity index is 3.03. The predicted molar refractivity (Wildman–Crippen MR) is 48.1 cm³/mol. The molecule has 70 valence electrons. The smallest absolute Gasteiger partial charge is 0.332 e. The van der Waals surface area contributed by atoms with Crippen LogP contribution in [0, 0.1) is 11.8 Å². The molecule has 0 aliphatic heterocycles. The summed E-state index contributed by atoms with van der Waals surface area (Å²) >= 11 is 1.11. The second kappa shape index (κ2) is 4.08. The van der Waals surface area contributed by atoms with Crippen molar-refractivity contribution in [2.45, 2.75) is 13.8 Å². The van der Waals surface area contributed by atoms with Crippen LogP contribution in [0.25, 0.3) is 0 Å². The second-order valence-corrected chi connectivity index (χ2v) is 3.40. The lowest BCUT2D eigenvalue weighted by Crippen LogP contribution is -1.98. The Morgan fingerprint density at radius 2 is 2.38 bits per heavy atom. The SMILES string of the molecule is CCOc1nc(C)sc1C(=O)N=O. The summed E-state index contributed by atoms with van der Waals surface area (Å²) in [6.07, 6.45) is 0. The van der Waals surface area contributed by atoms with Crippen molar-refractivity contribution in [2.75, 3.05) is 6.61 Å². The zero-order chi connectivity index (χ0) is 9.84. The van der Waals surface area contributed by atoms with Crippen LogP contribution >= 0.6 is 11.3 Å². The standard InChI is InChI=1S/C7H8N2O3S/c1-3-12-7-5(6(10)9-11)13-4(2)8-7/h3H2,1-2H3. The summed E-state index contributed by atoms with van der Waals surface area (Å²) in [5.74, 6) is -0.622. The molecule has 1 aromatic heterocycles. The number of thiazole rings is 1. The van der Waals surface area contributed by atoms with Gasteiger partial charge in [0.05, 0.1) is 11.6 Å². The van der Waals surface area contributed by atoms with Crippen LogP contribution in [0.3, 0.4) is 0 Å². The van der Waals surface area contributed by atoms with E-state index in [0.29, 0.717) is 11.6 Å². The number of carbonyl (C=O) groups excluding carboxylic acids is 1. The molecule has 0 N–H and O–H groups in total. The van der Waals surface area contributed by atoms with E-state index in [1.807, 2.05) is 0 Å². The normalized spacial score (nSPS) is 9.69. The molecule has 0 bridgehead atoms. The topological polar surface area (TPSA) is 68.6 Å². The van der Waals surface area contributed by atoms with Gasteiger partial charge in [0.15, 0.2) is 4.88 Å². The van der Waals surface area contributed by atoms with E-state index < -0.39 is 5.91 Å². The van der Waals surface area contributed by atoms with Gasteiger partial charge in [0, 0.05) is 5.18 Å². The Morgan fingerprint density at radius 1 is 1.69 bits per heavy atom. The zero-order valence-corrected chi connectivity index (χ0v) is 8.05. The molecule has 1 rings (SSSR count). The molecular weight excluding hydrogens is 192 g/mol. The third-order valence-electron chi connectivity index (χ3n) is 1.26. The van der Waals surface area contributed by atoms with Gasteiger partial charge in [-0.1, -0.05) is 0 Å².